The lowest BCUT2D eigenvalue weighted by molar-refractivity contribution is -0.138. The molecule has 0 bridgehead atoms. The van der Waals surface area contributed by atoms with Gasteiger partial charge in [0.2, 0.25) is 0 Å². The van der Waals surface area contributed by atoms with Crippen LogP contribution < -0.4 is 10.9 Å². The van der Waals surface area contributed by atoms with E-state index < -0.39 is 23.2 Å². The number of halogens is 3. The molecule has 3 aromatic rings. The van der Waals surface area contributed by atoms with E-state index in [0.717, 1.165) is 6.07 Å². The van der Waals surface area contributed by atoms with Crippen molar-refractivity contribution < 1.29 is 18.0 Å². The summed E-state index contributed by atoms with van der Waals surface area (Å²) in [6.07, 6.45) is -4.46. The van der Waals surface area contributed by atoms with Crippen LogP contribution in [0.5, 0.6) is 0 Å². The molecule has 1 atom stereocenters. The van der Waals surface area contributed by atoms with Gasteiger partial charge in [0.05, 0.1) is 11.3 Å². The number of benzene rings is 1. The van der Waals surface area contributed by atoms with Gasteiger partial charge in [-0.05, 0) is 38.0 Å². The van der Waals surface area contributed by atoms with Crippen LogP contribution in [0.15, 0.2) is 29.1 Å². The van der Waals surface area contributed by atoms with Crippen molar-refractivity contribution in [2.45, 2.75) is 39.8 Å². The summed E-state index contributed by atoms with van der Waals surface area (Å²) in [7, 11) is 0. The molecule has 2 heterocycles. The van der Waals surface area contributed by atoms with Crippen molar-refractivity contribution in [2.24, 2.45) is 0 Å². The lowest BCUT2D eigenvalue weighted by atomic mass is 9.90. The van der Waals surface area contributed by atoms with Crippen molar-refractivity contribution in [1.82, 2.24) is 14.7 Å². The predicted molar refractivity (Wildman–Crippen MR) is 106 cm³/mol. The van der Waals surface area contributed by atoms with Gasteiger partial charge in [0, 0.05) is 23.4 Å². The molecule has 3 rings (SSSR count). The number of fused-ring (bicyclic) bond motifs is 1. The zero-order chi connectivity index (χ0) is 21.5. The van der Waals surface area contributed by atoms with Crippen molar-refractivity contribution in [3.63, 3.8) is 0 Å². The van der Waals surface area contributed by atoms with Gasteiger partial charge in [0.1, 0.15) is 5.69 Å². The fourth-order valence-corrected chi connectivity index (χ4v) is 4.39. The maximum absolute atomic E-state index is 13.2. The maximum Gasteiger partial charge on any atom is 0.416 e. The van der Waals surface area contributed by atoms with Gasteiger partial charge in [-0.3, -0.25) is 9.59 Å². The standard InChI is InChI=1S/C20H20F3N3O2S/c1-5-24-18(28)17-12(4)29-19-25-15(9-16(27)26(17)19)11(3)13-7-6-8-14(10(13)2)20(21,22)23/h6-9,11H,5H2,1-4H3,(H,24,28). The van der Waals surface area contributed by atoms with Crippen LogP contribution in [-0.4, -0.2) is 21.8 Å². The molecule has 0 radical (unpaired) electrons. The molecule has 154 valence electrons. The number of alkyl halides is 3. The summed E-state index contributed by atoms with van der Waals surface area (Å²) in [5.74, 6) is -0.889. The highest BCUT2D eigenvalue weighted by molar-refractivity contribution is 7.17. The lowest BCUT2D eigenvalue weighted by Gasteiger charge is -2.18. The van der Waals surface area contributed by atoms with Gasteiger partial charge in [0.15, 0.2) is 4.96 Å². The van der Waals surface area contributed by atoms with Crippen molar-refractivity contribution >= 4 is 22.2 Å². The Labute approximate surface area is 169 Å². The van der Waals surface area contributed by atoms with E-state index in [1.54, 1.807) is 26.8 Å². The number of thiazole rings is 1. The van der Waals surface area contributed by atoms with E-state index in [2.05, 4.69) is 10.3 Å². The molecule has 2 aromatic heterocycles. The number of aromatic nitrogens is 2. The molecule has 0 spiro atoms. The van der Waals surface area contributed by atoms with Crippen molar-refractivity contribution in [3.8, 4) is 0 Å². The first-order valence-corrected chi connectivity index (χ1v) is 9.85. The first-order chi connectivity index (χ1) is 13.6. The largest absolute Gasteiger partial charge is 0.416 e. The van der Waals surface area contributed by atoms with Crippen LogP contribution in [0.2, 0.25) is 0 Å². The molecule has 0 aliphatic carbocycles. The fraction of sp³-hybridized carbons (Fsp3) is 0.350. The summed E-state index contributed by atoms with van der Waals surface area (Å²) >= 11 is 1.20. The molecule has 29 heavy (non-hydrogen) atoms. The zero-order valence-electron chi connectivity index (χ0n) is 16.3. The second kappa shape index (κ2) is 7.62. The van der Waals surface area contributed by atoms with Gasteiger partial charge in [0.25, 0.3) is 11.5 Å². The van der Waals surface area contributed by atoms with Crippen LogP contribution in [0.4, 0.5) is 13.2 Å². The molecule has 0 saturated carbocycles. The highest BCUT2D eigenvalue weighted by atomic mass is 32.1. The van der Waals surface area contributed by atoms with Gasteiger partial charge in [-0.25, -0.2) is 9.38 Å². The zero-order valence-corrected chi connectivity index (χ0v) is 17.2. The minimum Gasteiger partial charge on any atom is -0.351 e. The molecule has 1 aromatic carbocycles. The molecular formula is C20H20F3N3O2S. The first kappa shape index (κ1) is 21.0. The Morgan fingerprint density at radius 1 is 1.31 bits per heavy atom. The highest BCUT2D eigenvalue weighted by Crippen LogP contribution is 2.36. The summed E-state index contributed by atoms with van der Waals surface area (Å²) in [6, 6.07) is 5.29. The summed E-state index contributed by atoms with van der Waals surface area (Å²) in [4.78, 5) is 30.5. The van der Waals surface area contributed by atoms with Crippen LogP contribution in [0.1, 0.15) is 57.5 Å². The molecule has 1 amide bonds. The van der Waals surface area contributed by atoms with Crippen molar-refractivity contribution in [2.75, 3.05) is 6.54 Å². The van der Waals surface area contributed by atoms with Crippen LogP contribution in [-0.2, 0) is 6.18 Å². The Bertz CT molecular complexity index is 1150. The molecule has 5 nitrogen and oxygen atoms in total. The van der Waals surface area contributed by atoms with Gasteiger partial charge < -0.3 is 5.32 Å². The summed E-state index contributed by atoms with van der Waals surface area (Å²) in [6.45, 7) is 7.06. The number of carbonyl (C=O) groups is 1. The van der Waals surface area contributed by atoms with E-state index in [4.69, 9.17) is 0 Å². The normalized spacial score (nSPS) is 12.9. The summed E-state index contributed by atoms with van der Waals surface area (Å²) in [5, 5.41) is 2.67. The average Bonchev–Trinajstić information content (AvgIpc) is 2.97. The monoisotopic (exact) mass is 423 g/mol. The van der Waals surface area contributed by atoms with Crippen LogP contribution in [0.3, 0.4) is 0 Å². The molecule has 9 heteroatoms. The van der Waals surface area contributed by atoms with Crippen LogP contribution >= 0.6 is 11.3 Å². The number of amides is 1. The molecule has 1 N–H and O–H groups in total. The Morgan fingerprint density at radius 2 is 2.00 bits per heavy atom. The number of carbonyl (C=O) groups excluding carboxylic acids is 1. The third-order valence-electron chi connectivity index (χ3n) is 4.85. The van der Waals surface area contributed by atoms with E-state index in [0.29, 0.717) is 27.6 Å². The molecular weight excluding hydrogens is 403 g/mol. The molecule has 0 saturated heterocycles. The van der Waals surface area contributed by atoms with E-state index in [-0.39, 0.29) is 17.2 Å². The smallest absolute Gasteiger partial charge is 0.351 e. The molecule has 0 fully saturated rings. The molecule has 0 aliphatic rings. The topological polar surface area (TPSA) is 63.5 Å². The number of rotatable bonds is 4. The Kier molecular flexibility index (Phi) is 5.53. The van der Waals surface area contributed by atoms with Gasteiger partial charge in [-0.15, -0.1) is 11.3 Å². The number of hydrogen-bond donors (Lipinski definition) is 1. The fourth-order valence-electron chi connectivity index (χ4n) is 3.41. The first-order valence-electron chi connectivity index (χ1n) is 9.04. The number of aryl methyl sites for hydroxylation is 1. The second-order valence-electron chi connectivity index (χ2n) is 6.74. The molecule has 0 aliphatic heterocycles. The van der Waals surface area contributed by atoms with E-state index >= 15 is 0 Å². The number of nitrogens with zero attached hydrogens (tertiary/aromatic N) is 2. The quantitative estimate of drug-likeness (QED) is 0.681. The van der Waals surface area contributed by atoms with Crippen LogP contribution in [0, 0.1) is 13.8 Å². The second-order valence-corrected chi connectivity index (χ2v) is 7.92. The SMILES string of the molecule is CCNC(=O)c1c(C)sc2nc(C(C)c3cccc(C(F)(F)F)c3C)cc(=O)n12. The van der Waals surface area contributed by atoms with Crippen molar-refractivity contribution in [1.29, 1.82) is 0 Å². The van der Waals surface area contributed by atoms with Crippen LogP contribution in [0.25, 0.3) is 4.96 Å². The third-order valence-corrected chi connectivity index (χ3v) is 5.81. The molecule has 1 unspecified atom stereocenters. The lowest BCUT2D eigenvalue weighted by Crippen LogP contribution is -2.28. The Balaban J connectivity index is 2.13. The van der Waals surface area contributed by atoms with Gasteiger partial charge in [-0.1, -0.05) is 19.1 Å². The summed E-state index contributed by atoms with van der Waals surface area (Å²) in [5.41, 5.74) is 0.0188. The Morgan fingerprint density at radius 3 is 2.62 bits per heavy atom. The van der Waals surface area contributed by atoms with E-state index in [1.807, 2.05) is 0 Å². The summed E-state index contributed by atoms with van der Waals surface area (Å²) < 4.78 is 41.0. The maximum atomic E-state index is 13.2. The number of hydrogen-bond acceptors (Lipinski definition) is 4. The third kappa shape index (κ3) is 3.78. The highest BCUT2D eigenvalue weighted by Gasteiger charge is 2.33. The van der Waals surface area contributed by atoms with E-state index in [1.165, 1.54) is 34.8 Å². The number of nitrogens with one attached hydrogen (secondary N) is 1. The Hall–Kier alpha value is -2.68. The average molecular weight is 423 g/mol. The van der Waals surface area contributed by atoms with Gasteiger partial charge >= 0.3 is 6.18 Å². The van der Waals surface area contributed by atoms with Crippen molar-refractivity contribution in [3.05, 3.63) is 67.6 Å². The minimum absolute atomic E-state index is 0.111. The predicted octanol–water partition coefficient (Wildman–Crippen LogP) is 4.29. The van der Waals surface area contributed by atoms with E-state index in [9.17, 15) is 22.8 Å². The minimum atomic E-state index is -4.46. The van der Waals surface area contributed by atoms with Gasteiger partial charge in [-0.2, -0.15) is 13.2 Å².